The number of benzene rings is 1. The highest BCUT2D eigenvalue weighted by molar-refractivity contribution is 7.90. The summed E-state index contributed by atoms with van der Waals surface area (Å²) in [5.74, 6) is -1.39. The predicted octanol–water partition coefficient (Wildman–Crippen LogP) is 1.17. The molecule has 1 aliphatic rings. The zero-order chi connectivity index (χ0) is 14.9. The molecule has 0 saturated carbocycles. The molecule has 6 nitrogen and oxygen atoms in total. The van der Waals surface area contributed by atoms with Gasteiger partial charge < -0.3 is 4.74 Å². The largest absolute Gasteiger partial charge is 0.464 e. The van der Waals surface area contributed by atoms with Crippen molar-refractivity contribution >= 4 is 21.9 Å². The number of ether oxygens (including phenoxy) is 1. The number of rotatable bonds is 4. The van der Waals surface area contributed by atoms with Gasteiger partial charge >= 0.3 is 5.97 Å². The van der Waals surface area contributed by atoms with Gasteiger partial charge in [0.15, 0.2) is 0 Å². The van der Waals surface area contributed by atoms with E-state index in [-0.39, 0.29) is 23.5 Å². The van der Waals surface area contributed by atoms with Crippen molar-refractivity contribution in [3.8, 4) is 0 Å². The second kappa shape index (κ2) is 5.24. The van der Waals surface area contributed by atoms with Gasteiger partial charge in [0.25, 0.3) is 15.9 Å². The van der Waals surface area contributed by atoms with Crippen molar-refractivity contribution in [2.75, 3.05) is 6.61 Å². The topological polar surface area (TPSA) is 80.8 Å². The van der Waals surface area contributed by atoms with Crippen molar-refractivity contribution in [3.63, 3.8) is 0 Å². The van der Waals surface area contributed by atoms with E-state index in [1.165, 1.54) is 12.1 Å². The number of carbonyl (C=O) groups excluding carboxylic acids is 2. The first-order valence-corrected chi connectivity index (χ1v) is 7.73. The summed E-state index contributed by atoms with van der Waals surface area (Å²) < 4.78 is 30.3. The van der Waals surface area contributed by atoms with Crippen LogP contribution in [0.15, 0.2) is 29.2 Å². The van der Waals surface area contributed by atoms with Gasteiger partial charge in [-0.05, 0) is 25.5 Å². The van der Waals surface area contributed by atoms with Crippen molar-refractivity contribution in [2.45, 2.75) is 31.2 Å². The Kier molecular flexibility index (Phi) is 3.80. The third-order valence-corrected chi connectivity index (χ3v) is 4.93. The Labute approximate surface area is 117 Å². The molecule has 20 heavy (non-hydrogen) atoms. The summed E-state index contributed by atoms with van der Waals surface area (Å²) in [7, 11) is -3.99. The van der Waals surface area contributed by atoms with E-state index in [0.717, 1.165) is 0 Å². The van der Waals surface area contributed by atoms with Gasteiger partial charge in [-0.1, -0.05) is 19.1 Å². The smallest absolute Gasteiger partial charge is 0.330 e. The fraction of sp³-hybridized carbons (Fsp3) is 0.385. The fourth-order valence-corrected chi connectivity index (χ4v) is 3.96. The van der Waals surface area contributed by atoms with Gasteiger partial charge in [0.2, 0.25) is 0 Å². The molecule has 7 heteroatoms. The lowest BCUT2D eigenvalue weighted by molar-refractivity contribution is -0.147. The number of hydrogen-bond donors (Lipinski definition) is 0. The van der Waals surface area contributed by atoms with Crippen LogP contribution < -0.4 is 0 Å². The molecule has 1 unspecified atom stereocenters. The third-order valence-electron chi connectivity index (χ3n) is 3.08. The van der Waals surface area contributed by atoms with E-state index in [9.17, 15) is 18.0 Å². The van der Waals surface area contributed by atoms with Crippen LogP contribution in [-0.2, 0) is 19.6 Å². The maximum atomic E-state index is 12.4. The standard InChI is InChI=1S/C13H15NO5S/c1-3-10(13(16)19-4-2)14-12(15)9-7-5-6-8-11(9)20(14,17)18/h5-8,10H,3-4H2,1-2H3. The summed E-state index contributed by atoms with van der Waals surface area (Å²) in [6.45, 7) is 3.39. The Bertz CT molecular complexity index is 652. The zero-order valence-corrected chi connectivity index (χ0v) is 12.0. The molecule has 2 rings (SSSR count). The molecule has 108 valence electrons. The number of sulfonamides is 1. The van der Waals surface area contributed by atoms with E-state index >= 15 is 0 Å². The Morgan fingerprint density at radius 3 is 2.50 bits per heavy atom. The van der Waals surface area contributed by atoms with Gasteiger partial charge in [0.1, 0.15) is 10.9 Å². The summed E-state index contributed by atoms with van der Waals surface area (Å²) in [5.41, 5.74) is 0.0928. The molecule has 1 amide bonds. The van der Waals surface area contributed by atoms with Crippen molar-refractivity contribution < 1.29 is 22.7 Å². The number of nitrogens with zero attached hydrogens (tertiary/aromatic N) is 1. The van der Waals surface area contributed by atoms with E-state index in [1.807, 2.05) is 0 Å². The first-order chi connectivity index (χ1) is 9.45. The fourth-order valence-electron chi connectivity index (χ4n) is 2.18. The van der Waals surface area contributed by atoms with E-state index in [4.69, 9.17) is 4.74 Å². The molecule has 0 bridgehead atoms. The lowest BCUT2D eigenvalue weighted by Crippen LogP contribution is -2.45. The molecule has 1 aromatic carbocycles. The monoisotopic (exact) mass is 297 g/mol. The predicted molar refractivity (Wildman–Crippen MR) is 70.5 cm³/mol. The van der Waals surface area contributed by atoms with E-state index in [2.05, 4.69) is 0 Å². The van der Waals surface area contributed by atoms with Crippen molar-refractivity contribution in [3.05, 3.63) is 29.8 Å². The number of carbonyl (C=O) groups is 2. The minimum Gasteiger partial charge on any atom is -0.464 e. The molecule has 1 heterocycles. The minimum absolute atomic E-state index is 0.0623. The van der Waals surface area contributed by atoms with Gasteiger partial charge in [-0.15, -0.1) is 0 Å². The molecule has 0 spiro atoms. The maximum absolute atomic E-state index is 12.4. The normalized spacial score (nSPS) is 17.7. The number of hydrogen-bond acceptors (Lipinski definition) is 5. The molecule has 0 radical (unpaired) electrons. The molecule has 1 aliphatic heterocycles. The molecular weight excluding hydrogens is 282 g/mol. The highest BCUT2D eigenvalue weighted by Gasteiger charge is 2.47. The Hall–Kier alpha value is -1.89. The van der Waals surface area contributed by atoms with Crippen LogP contribution in [0.4, 0.5) is 0 Å². The van der Waals surface area contributed by atoms with Crippen molar-refractivity contribution in [1.82, 2.24) is 4.31 Å². The minimum atomic E-state index is -3.99. The molecule has 0 aliphatic carbocycles. The molecule has 0 fully saturated rings. The number of fused-ring (bicyclic) bond motifs is 1. The summed E-state index contributed by atoms with van der Waals surface area (Å²) in [5, 5.41) is 0. The molecule has 1 aromatic rings. The van der Waals surface area contributed by atoms with Crippen LogP contribution in [-0.4, -0.2) is 37.2 Å². The van der Waals surface area contributed by atoms with Crippen LogP contribution in [0.1, 0.15) is 30.6 Å². The van der Waals surface area contributed by atoms with Crippen molar-refractivity contribution in [2.24, 2.45) is 0 Å². The molecule has 1 atom stereocenters. The van der Waals surface area contributed by atoms with Crippen LogP contribution >= 0.6 is 0 Å². The maximum Gasteiger partial charge on any atom is 0.330 e. The summed E-state index contributed by atoms with van der Waals surface area (Å²) >= 11 is 0. The average Bonchev–Trinajstić information content (AvgIpc) is 2.62. The van der Waals surface area contributed by atoms with E-state index in [0.29, 0.717) is 4.31 Å². The first-order valence-electron chi connectivity index (χ1n) is 6.29. The average molecular weight is 297 g/mol. The van der Waals surface area contributed by atoms with Crippen LogP contribution in [0.25, 0.3) is 0 Å². The van der Waals surface area contributed by atoms with Crippen molar-refractivity contribution in [1.29, 1.82) is 0 Å². The molecule has 0 N–H and O–H groups in total. The van der Waals surface area contributed by atoms with Gasteiger partial charge in [0.05, 0.1) is 12.2 Å². The summed E-state index contributed by atoms with van der Waals surface area (Å²) in [6, 6.07) is 4.80. The number of amides is 1. The van der Waals surface area contributed by atoms with Crippen LogP contribution in [0, 0.1) is 0 Å². The van der Waals surface area contributed by atoms with Gasteiger partial charge in [0, 0.05) is 0 Å². The lowest BCUT2D eigenvalue weighted by atomic mass is 10.1. The lowest BCUT2D eigenvalue weighted by Gasteiger charge is -2.23. The Morgan fingerprint density at radius 1 is 1.30 bits per heavy atom. The van der Waals surface area contributed by atoms with Crippen LogP contribution in [0.2, 0.25) is 0 Å². The van der Waals surface area contributed by atoms with E-state index in [1.54, 1.807) is 26.0 Å². The van der Waals surface area contributed by atoms with Crippen LogP contribution in [0.5, 0.6) is 0 Å². The Morgan fingerprint density at radius 2 is 1.95 bits per heavy atom. The molecule has 0 saturated heterocycles. The quantitative estimate of drug-likeness (QED) is 0.779. The van der Waals surface area contributed by atoms with Gasteiger partial charge in [-0.2, -0.15) is 0 Å². The molecular formula is C13H15NO5S. The molecule has 0 aromatic heterocycles. The van der Waals surface area contributed by atoms with Crippen LogP contribution in [0.3, 0.4) is 0 Å². The van der Waals surface area contributed by atoms with E-state index < -0.39 is 27.9 Å². The Balaban J connectivity index is 2.49. The number of esters is 1. The SMILES string of the molecule is CCOC(=O)C(CC)N1C(=O)c2ccccc2S1(=O)=O. The first kappa shape index (κ1) is 14.5. The van der Waals surface area contributed by atoms with Gasteiger partial charge in [-0.3, -0.25) is 4.79 Å². The second-order valence-electron chi connectivity index (χ2n) is 4.28. The summed E-state index contributed by atoms with van der Waals surface area (Å²) in [4.78, 5) is 24.1. The summed E-state index contributed by atoms with van der Waals surface area (Å²) in [6.07, 6.45) is 0.164. The zero-order valence-electron chi connectivity index (χ0n) is 11.2. The highest BCUT2D eigenvalue weighted by Crippen LogP contribution is 2.32. The second-order valence-corrected chi connectivity index (χ2v) is 6.06. The highest BCUT2D eigenvalue weighted by atomic mass is 32.2. The third kappa shape index (κ3) is 2.07. The van der Waals surface area contributed by atoms with Gasteiger partial charge in [-0.25, -0.2) is 17.5 Å².